The van der Waals surface area contributed by atoms with Gasteiger partial charge in [0.1, 0.15) is 11.8 Å². The van der Waals surface area contributed by atoms with Gasteiger partial charge in [0.2, 0.25) is 0 Å². The number of hydrogen-bond acceptors (Lipinski definition) is 7. The van der Waals surface area contributed by atoms with E-state index in [0.29, 0.717) is 6.61 Å². The van der Waals surface area contributed by atoms with Crippen molar-refractivity contribution >= 4 is 12.3 Å². The first-order valence-corrected chi connectivity index (χ1v) is 11.2. The van der Waals surface area contributed by atoms with Crippen LogP contribution in [0.25, 0.3) is 22.5 Å². The molecule has 4 aromatic heterocycles. The van der Waals surface area contributed by atoms with Gasteiger partial charge in [-0.25, -0.2) is 14.8 Å². The molecule has 0 saturated heterocycles. The summed E-state index contributed by atoms with van der Waals surface area (Å²) in [6.45, 7) is 9.46. The molecule has 9 heteroatoms. The maximum Gasteiger partial charge on any atom is 0.331 e. The van der Waals surface area contributed by atoms with E-state index in [9.17, 15) is 9.59 Å². The predicted octanol–water partition coefficient (Wildman–Crippen LogP) is 4.12. The maximum atomic E-state index is 11.9. The summed E-state index contributed by atoms with van der Waals surface area (Å²) in [7, 11) is 0. The van der Waals surface area contributed by atoms with Crippen LogP contribution >= 0.6 is 0 Å². The second kappa shape index (κ2) is 10.9. The van der Waals surface area contributed by atoms with Crippen molar-refractivity contribution in [2.45, 2.75) is 45.7 Å². The lowest BCUT2D eigenvalue weighted by Gasteiger charge is -2.23. The highest BCUT2D eigenvalue weighted by atomic mass is 16.5. The molecule has 0 atom stereocenters. The number of carbonyl (C=O) groups excluding carboxylic acids is 2. The van der Waals surface area contributed by atoms with Gasteiger partial charge in [0.25, 0.3) is 0 Å². The molecule has 0 amide bonds. The molecule has 4 aromatic rings. The normalized spacial score (nSPS) is 11.3. The van der Waals surface area contributed by atoms with Crippen LogP contribution in [0, 0.1) is 0 Å². The second-order valence-electron chi connectivity index (χ2n) is 8.87. The van der Waals surface area contributed by atoms with E-state index in [2.05, 4.69) is 19.9 Å². The van der Waals surface area contributed by atoms with Crippen molar-refractivity contribution in [1.82, 2.24) is 29.1 Å². The fourth-order valence-electron chi connectivity index (χ4n) is 3.07. The third-order valence-corrected chi connectivity index (χ3v) is 5.45. The lowest BCUT2D eigenvalue weighted by Crippen LogP contribution is -2.36. The summed E-state index contributed by atoms with van der Waals surface area (Å²) in [5, 5.41) is 0. The topological polar surface area (TPSA) is 105 Å². The molecule has 9 nitrogen and oxygen atoms in total. The third-order valence-electron chi connectivity index (χ3n) is 5.45. The van der Waals surface area contributed by atoms with Gasteiger partial charge in [-0.3, -0.25) is 9.97 Å². The largest absolute Gasteiger partial charge is 0.464 e. The summed E-state index contributed by atoms with van der Waals surface area (Å²) < 4.78 is 8.63. The first-order chi connectivity index (χ1) is 16.7. The first kappa shape index (κ1) is 25.5. The van der Waals surface area contributed by atoms with Gasteiger partial charge in [0, 0.05) is 48.3 Å². The molecular formula is C26H30N6O3. The van der Waals surface area contributed by atoms with Crippen molar-refractivity contribution in [1.29, 1.82) is 0 Å². The number of nitrogens with zero attached hydrogens (tertiary/aromatic N) is 6. The highest BCUT2D eigenvalue weighted by molar-refractivity contribution is 5.78. The predicted molar refractivity (Wildman–Crippen MR) is 132 cm³/mol. The van der Waals surface area contributed by atoms with Gasteiger partial charge >= 0.3 is 5.97 Å². The van der Waals surface area contributed by atoms with Gasteiger partial charge in [-0.15, -0.1) is 0 Å². The minimum Gasteiger partial charge on any atom is -0.464 e. The average Bonchev–Trinajstić information content (AvgIpc) is 3.57. The van der Waals surface area contributed by atoms with Gasteiger partial charge in [-0.05, 0) is 58.9 Å². The van der Waals surface area contributed by atoms with E-state index in [1.165, 1.54) is 0 Å². The average molecular weight is 475 g/mol. The number of imidazole rings is 2. The monoisotopic (exact) mass is 474 g/mol. The lowest BCUT2D eigenvalue weighted by atomic mass is 10.1. The second-order valence-corrected chi connectivity index (χ2v) is 8.87. The Morgan fingerprint density at radius 3 is 1.89 bits per heavy atom. The standard InChI is InChI=1S/C14H17N3O2.C12H13N3O/c1-4-19-13(18)14(2,3)17-9-12(16-10-17)11-6-5-7-15-8-11;1-12(2,8-16)15-7-11(14-9-15)10-4-3-5-13-6-10/h5-10H,4H2,1-3H3;3-9H,1-2H3. The van der Waals surface area contributed by atoms with Gasteiger partial charge in [0.05, 0.1) is 36.2 Å². The summed E-state index contributed by atoms with van der Waals surface area (Å²) >= 11 is 0. The van der Waals surface area contributed by atoms with Crippen LogP contribution in [-0.4, -0.2) is 47.9 Å². The fourth-order valence-corrected chi connectivity index (χ4v) is 3.07. The van der Waals surface area contributed by atoms with Crippen molar-refractivity contribution in [2.75, 3.05) is 6.61 Å². The summed E-state index contributed by atoms with van der Waals surface area (Å²) in [5.74, 6) is -0.273. The molecule has 0 aliphatic rings. The number of carbonyl (C=O) groups is 2. The van der Waals surface area contributed by atoms with Gasteiger partial charge in [0.15, 0.2) is 0 Å². The van der Waals surface area contributed by atoms with E-state index in [0.717, 1.165) is 28.8 Å². The molecule has 0 fully saturated rings. The summed E-state index contributed by atoms with van der Waals surface area (Å²) in [4.78, 5) is 39.5. The molecule has 0 aromatic carbocycles. The summed E-state index contributed by atoms with van der Waals surface area (Å²) in [5.41, 5.74) is 2.13. The van der Waals surface area contributed by atoms with E-state index in [1.54, 1.807) is 67.3 Å². The number of ether oxygens (including phenoxy) is 1. The lowest BCUT2D eigenvalue weighted by molar-refractivity contribution is -0.152. The molecule has 35 heavy (non-hydrogen) atoms. The molecule has 0 bridgehead atoms. The first-order valence-electron chi connectivity index (χ1n) is 11.2. The van der Waals surface area contributed by atoms with Crippen molar-refractivity contribution in [3.8, 4) is 22.5 Å². The number of hydrogen-bond donors (Lipinski definition) is 0. The number of rotatable bonds is 7. The highest BCUT2D eigenvalue weighted by Gasteiger charge is 2.31. The molecular weight excluding hydrogens is 444 g/mol. The van der Waals surface area contributed by atoms with Crippen molar-refractivity contribution < 1.29 is 14.3 Å². The molecule has 0 spiro atoms. The number of aldehydes is 1. The third kappa shape index (κ3) is 6.06. The van der Waals surface area contributed by atoms with Crippen molar-refractivity contribution in [3.63, 3.8) is 0 Å². The molecule has 0 N–H and O–H groups in total. The Kier molecular flexibility index (Phi) is 7.91. The fraction of sp³-hybridized carbons (Fsp3) is 0.308. The van der Waals surface area contributed by atoms with Crippen LogP contribution in [0.2, 0.25) is 0 Å². The maximum absolute atomic E-state index is 11.9. The summed E-state index contributed by atoms with van der Waals surface area (Å²) in [6, 6.07) is 7.58. The molecule has 0 radical (unpaired) electrons. The number of aromatic nitrogens is 6. The van der Waals surface area contributed by atoms with E-state index < -0.39 is 11.1 Å². The van der Waals surface area contributed by atoms with Gasteiger partial charge < -0.3 is 18.7 Å². The van der Waals surface area contributed by atoms with Crippen molar-refractivity contribution in [2.24, 2.45) is 0 Å². The van der Waals surface area contributed by atoms with Crippen LogP contribution in [0.5, 0.6) is 0 Å². The minimum absolute atomic E-state index is 0.273. The SMILES string of the molecule is CC(C)(C=O)n1cnc(-c2cccnc2)c1.CCOC(=O)C(C)(C)n1cnc(-c2cccnc2)c1. The Bertz CT molecular complexity index is 1250. The molecule has 4 heterocycles. The smallest absolute Gasteiger partial charge is 0.331 e. The Balaban J connectivity index is 0.000000198. The van der Waals surface area contributed by atoms with Gasteiger partial charge in [-0.1, -0.05) is 0 Å². The van der Waals surface area contributed by atoms with Crippen LogP contribution in [-0.2, 0) is 25.4 Å². The number of esters is 1. The Hall–Kier alpha value is -4.14. The van der Waals surface area contributed by atoms with E-state index in [4.69, 9.17) is 4.74 Å². The zero-order valence-electron chi connectivity index (χ0n) is 20.6. The van der Waals surface area contributed by atoms with E-state index in [-0.39, 0.29) is 5.97 Å². The van der Waals surface area contributed by atoms with Crippen LogP contribution in [0.1, 0.15) is 34.6 Å². The van der Waals surface area contributed by atoms with Crippen LogP contribution in [0.4, 0.5) is 0 Å². The summed E-state index contributed by atoms with van der Waals surface area (Å²) in [6.07, 6.45) is 14.8. The Morgan fingerprint density at radius 2 is 1.43 bits per heavy atom. The molecule has 0 saturated carbocycles. The zero-order chi connectivity index (χ0) is 25.5. The molecule has 0 unspecified atom stereocenters. The van der Waals surface area contributed by atoms with Crippen LogP contribution in [0.15, 0.2) is 74.1 Å². The molecule has 0 aliphatic carbocycles. The van der Waals surface area contributed by atoms with E-state index in [1.807, 2.05) is 50.5 Å². The molecule has 0 aliphatic heterocycles. The molecule has 182 valence electrons. The quantitative estimate of drug-likeness (QED) is 0.293. The zero-order valence-corrected chi connectivity index (χ0v) is 20.6. The van der Waals surface area contributed by atoms with Crippen LogP contribution in [0.3, 0.4) is 0 Å². The van der Waals surface area contributed by atoms with E-state index >= 15 is 0 Å². The number of pyridine rings is 2. The highest BCUT2D eigenvalue weighted by Crippen LogP contribution is 2.22. The van der Waals surface area contributed by atoms with Crippen molar-refractivity contribution in [3.05, 3.63) is 74.1 Å². The Morgan fingerprint density at radius 1 is 0.914 bits per heavy atom. The minimum atomic E-state index is -0.774. The van der Waals surface area contributed by atoms with Crippen LogP contribution < -0.4 is 0 Å². The molecule has 4 rings (SSSR count). The van der Waals surface area contributed by atoms with Gasteiger partial charge in [-0.2, -0.15) is 0 Å². The Labute approximate surface area is 204 Å².